The zero-order chi connectivity index (χ0) is 28.1. The third-order valence-corrected chi connectivity index (χ3v) is 8.33. The van der Waals surface area contributed by atoms with Gasteiger partial charge in [0.15, 0.2) is 10.1 Å². The number of morpholine rings is 1. The number of nitro benzene ring substituents is 1. The van der Waals surface area contributed by atoms with Gasteiger partial charge >= 0.3 is 0 Å². The van der Waals surface area contributed by atoms with Crippen molar-refractivity contribution in [2.24, 2.45) is 4.99 Å². The number of nitrogens with zero attached hydrogens (tertiary/aromatic N) is 4. The number of nitrogens with one attached hydrogen (secondary N) is 1. The molecule has 1 amide bonds. The summed E-state index contributed by atoms with van der Waals surface area (Å²) in [5.41, 5.74) is 3.98. The number of anilines is 2. The molecular weight excluding hydrogens is 550 g/mol. The lowest BCUT2D eigenvalue weighted by Gasteiger charge is -2.28. The Morgan fingerprint density at radius 2 is 1.93 bits per heavy atom. The second kappa shape index (κ2) is 12.4. The standard InChI is InChI=1S/C28H25N5O5S2/c1-18(34)20-3-5-21(6-4-20)30-27(35)17-39-28-31-23-8-7-22(15-26(23)40-28)29-16-19-2-9-24(25(14-19)33(36)37)32-10-12-38-13-11-32/h2-9,14-16H,10-13,17H2,1H3,(H,30,35). The number of amides is 1. The van der Waals surface area contributed by atoms with Crippen molar-refractivity contribution in [2.45, 2.75) is 11.3 Å². The number of rotatable bonds is 9. The number of hydrogen-bond donors (Lipinski definition) is 1. The Bertz CT molecular complexity index is 1600. The minimum Gasteiger partial charge on any atom is -0.378 e. The van der Waals surface area contributed by atoms with E-state index in [9.17, 15) is 19.7 Å². The lowest BCUT2D eigenvalue weighted by Crippen LogP contribution is -2.36. The second-order valence-corrected chi connectivity index (χ2v) is 11.2. The number of fused-ring (bicyclic) bond motifs is 1. The van der Waals surface area contributed by atoms with Crippen LogP contribution < -0.4 is 10.2 Å². The van der Waals surface area contributed by atoms with Gasteiger partial charge in [0.2, 0.25) is 5.91 Å². The molecule has 1 aliphatic rings. The van der Waals surface area contributed by atoms with E-state index in [0.29, 0.717) is 54.5 Å². The Morgan fingerprint density at radius 1 is 1.15 bits per heavy atom. The highest BCUT2D eigenvalue weighted by molar-refractivity contribution is 8.01. The maximum Gasteiger partial charge on any atom is 0.293 e. The van der Waals surface area contributed by atoms with Crippen molar-refractivity contribution in [3.63, 3.8) is 0 Å². The molecule has 0 atom stereocenters. The summed E-state index contributed by atoms with van der Waals surface area (Å²) in [5.74, 6) is -0.00232. The predicted octanol–water partition coefficient (Wildman–Crippen LogP) is 5.73. The Hall–Kier alpha value is -4.13. The number of ether oxygens (including phenoxy) is 1. The highest BCUT2D eigenvalue weighted by Gasteiger charge is 2.21. The summed E-state index contributed by atoms with van der Waals surface area (Å²) in [5, 5.41) is 14.5. The minimum atomic E-state index is -0.366. The van der Waals surface area contributed by atoms with Crippen LogP contribution >= 0.6 is 23.1 Å². The Balaban J connectivity index is 1.22. The van der Waals surface area contributed by atoms with Gasteiger partial charge in [0.25, 0.3) is 5.69 Å². The number of carbonyl (C=O) groups is 2. The smallest absolute Gasteiger partial charge is 0.293 e. The molecular formula is C28H25N5O5S2. The van der Waals surface area contributed by atoms with E-state index in [1.54, 1.807) is 36.5 Å². The van der Waals surface area contributed by atoms with Crippen LogP contribution in [-0.4, -0.2) is 59.9 Å². The van der Waals surface area contributed by atoms with Crippen molar-refractivity contribution >= 4 is 74.0 Å². The van der Waals surface area contributed by atoms with Crippen molar-refractivity contribution in [3.05, 3.63) is 81.9 Å². The van der Waals surface area contributed by atoms with Crippen molar-refractivity contribution in [1.82, 2.24) is 4.98 Å². The normalized spacial score (nSPS) is 13.6. The molecule has 1 saturated heterocycles. The van der Waals surface area contributed by atoms with Crippen molar-refractivity contribution < 1.29 is 19.2 Å². The summed E-state index contributed by atoms with van der Waals surface area (Å²) in [6, 6.07) is 17.5. The van der Waals surface area contributed by atoms with Crippen LogP contribution in [0.25, 0.3) is 10.2 Å². The van der Waals surface area contributed by atoms with Gasteiger partial charge in [-0.3, -0.25) is 24.7 Å². The van der Waals surface area contributed by atoms with Gasteiger partial charge in [-0.15, -0.1) is 11.3 Å². The number of benzene rings is 3. The van der Waals surface area contributed by atoms with Crippen LogP contribution in [0, 0.1) is 10.1 Å². The monoisotopic (exact) mass is 575 g/mol. The van der Waals surface area contributed by atoms with Crippen LogP contribution in [0.3, 0.4) is 0 Å². The van der Waals surface area contributed by atoms with E-state index >= 15 is 0 Å². The molecule has 1 aliphatic heterocycles. The zero-order valence-corrected chi connectivity index (χ0v) is 23.2. The topological polar surface area (TPSA) is 127 Å². The number of ketones is 1. The molecule has 1 N–H and O–H groups in total. The third kappa shape index (κ3) is 6.71. The van der Waals surface area contributed by atoms with Crippen LogP contribution in [0.4, 0.5) is 22.7 Å². The van der Waals surface area contributed by atoms with Gasteiger partial charge in [-0.25, -0.2) is 4.98 Å². The highest BCUT2D eigenvalue weighted by Crippen LogP contribution is 2.33. The van der Waals surface area contributed by atoms with Gasteiger partial charge in [-0.1, -0.05) is 17.8 Å². The maximum absolute atomic E-state index is 12.4. The quantitative estimate of drug-likeness (QED) is 0.0882. The average molecular weight is 576 g/mol. The number of nitro groups is 1. The first-order valence-electron chi connectivity index (χ1n) is 12.5. The lowest BCUT2D eigenvalue weighted by atomic mass is 10.1. The number of Topliss-reactive ketones (excluding diaryl/α,β-unsaturated/α-hetero) is 1. The first kappa shape index (κ1) is 27.4. The fourth-order valence-corrected chi connectivity index (χ4v) is 6.04. The molecule has 0 saturated carbocycles. The Morgan fingerprint density at radius 3 is 2.65 bits per heavy atom. The zero-order valence-electron chi connectivity index (χ0n) is 21.5. The molecule has 5 rings (SSSR count). The summed E-state index contributed by atoms with van der Waals surface area (Å²) in [4.78, 5) is 46.2. The number of aliphatic imine (C=N–C) groups is 1. The summed E-state index contributed by atoms with van der Waals surface area (Å²) in [6.07, 6.45) is 1.61. The van der Waals surface area contributed by atoms with E-state index in [4.69, 9.17) is 4.74 Å². The fourth-order valence-electron chi connectivity index (χ4n) is 4.13. The third-order valence-electron chi connectivity index (χ3n) is 6.16. The van der Waals surface area contributed by atoms with Crippen LogP contribution in [0.5, 0.6) is 0 Å². The highest BCUT2D eigenvalue weighted by atomic mass is 32.2. The molecule has 0 aliphatic carbocycles. The van der Waals surface area contributed by atoms with Gasteiger partial charge in [-0.2, -0.15) is 0 Å². The molecule has 204 valence electrons. The van der Waals surface area contributed by atoms with Gasteiger partial charge in [0.1, 0.15) is 5.69 Å². The first-order chi connectivity index (χ1) is 19.4. The first-order valence-corrected chi connectivity index (χ1v) is 14.3. The molecule has 0 bridgehead atoms. The number of aromatic nitrogens is 1. The summed E-state index contributed by atoms with van der Waals surface area (Å²) in [7, 11) is 0. The average Bonchev–Trinajstić information content (AvgIpc) is 3.38. The molecule has 4 aromatic rings. The SMILES string of the molecule is CC(=O)c1ccc(NC(=O)CSc2nc3ccc(N=Cc4ccc(N5CCOCC5)c([N+](=O)[O-])c4)cc3s2)cc1. The molecule has 0 unspecified atom stereocenters. The Kier molecular flexibility index (Phi) is 8.48. The summed E-state index contributed by atoms with van der Waals surface area (Å²) in [6.45, 7) is 3.82. The van der Waals surface area contributed by atoms with Crippen molar-refractivity contribution in [2.75, 3.05) is 42.3 Å². The van der Waals surface area contributed by atoms with E-state index in [0.717, 1.165) is 14.6 Å². The van der Waals surface area contributed by atoms with Gasteiger partial charge in [0, 0.05) is 36.6 Å². The lowest BCUT2D eigenvalue weighted by molar-refractivity contribution is -0.384. The predicted molar refractivity (Wildman–Crippen MR) is 159 cm³/mol. The fraction of sp³-hybridized carbons (Fsp3) is 0.214. The van der Waals surface area contributed by atoms with Crippen LogP contribution in [0.1, 0.15) is 22.8 Å². The number of carbonyl (C=O) groups excluding carboxylic acids is 2. The summed E-state index contributed by atoms with van der Waals surface area (Å²) < 4.78 is 7.04. The van der Waals surface area contributed by atoms with E-state index in [-0.39, 0.29) is 28.1 Å². The van der Waals surface area contributed by atoms with Crippen molar-refractivity contribution in [3.8, 4) is 0 Å². The van der Waals surface area contributed by atoms with E-state index < -0.39 is 0 Å². The van der Waals surface area contributed by atoms with Gasteiger partial charge < -0.3 is 15.0 Å². The summed E-state index contributed by atoms with van der Waals surface area (Å²) >= 11 is 2.81. The molecule has 1 fully saturated rings. The molecule has 0 spiro atoms. The molecule has 40 heavy (non-hydrogen) atoms. The molecule has 0 radical (unpaired) electrons. The van der Waals surface area contributed by atoms with Crippen LogP contribution in [0.15, 0.2) is 70.0 Å². The van der Waals surface area contributed by atoms with Crippen molar-refractivity contribution in [1.29, 1.82) is 0 Å². The van der Waals surface area contributed by atoms with Gasteiger partial charge in [-0.05, 0) is 61.0 Å². The Labute approximate surface area is 238 Å². The van der Waals surface area contributed by atoms with E-state index in [2.05, 4.69) is 15.3 Å². The second-order valence-electron chi connectivity index (χ2n) is 8.97. The minimum absolute atomic E-state index is 0.0276. The largest absolute Gasteiger partial charge is 0.378 e. The van der Waals surface area contributed by atoms with E-state index in [1.165, 1.54) is 36.1 Å². The molecule has 3 aromatic carbocycles. The molecule has 2 heterocycles. The number of thioether (sulfide) groups is 1. The molecule has 1 aromatic heterocycles. The van der Waals surface area contributed by atoms with Crippen LogP contribution in [-0.2, 0) is 9.53 Å². The maximum atomic E-state index is 12.4. The number of hydrogen-bond acceptors (Lipinski definition) is 10. The molecule has 12 heteroatoms. The van der Waals surface area contributed by atoms with Crippen LogP contribution in [0.2, 0.25) is 0 Å². The van der Waals surface area contributed by atoms with E-state index in [1.807, 2.05) is 29.2 Å². The number of thiazole rings is 1. The molecule has 10 nitrogen and oxygen atoms in total. The van der Waals surface area contributed by atoms with Gasteiger partial charge in [0.05, 0.1) is 39.8 Å².